The zero-order valence-corrected chi connectivity index (χ0v) is 16.6. The van der Waals surface area contributed by atoms with Crippen molar-refractivity contribution in [3.05, 3.63) is 64.7 Å². The zero-order chi connectivity index (χ0) is 19.2. The second-order valence-corrected chi connectivity index (χ2v) is 7.34. The largest absolute Gasteiger partial charge is 0.496 e. The van der Waals surface area contributed by atoms with Gasteiger partial charge in [-0.3, -0.25) is 9.69 Å². The summed E-state index contributed by atoms with van der Waals surface area (Å²) >= 11 is 0. The Morgan fingerprint density at radius 1 is 1.15 bits per heavy atom. The second kappa shape index (κ2) is 9.05. The molecule has 1 fully saturated rings. The summed E-state index contributed by atoms with van der Waals surface area (Å²) in [5, 5.41) is 3.17. The predicted octanol–water partition coefficient (Wildman–Crippen LogP) is 4.48. The van der Waals surface area contributed by atoms with Crippen LogP contribution < -0.4 is 10.1 Å². The number of carbonyl (C=O) groups excluding carboxylic acids is 1. The summed E-state index contributed by atoms with van der Waals surface area (Å²) in [4.78, 5) is 15.2. The van der Waals surface area contributed by atoms with Gasteiger partial charge in [0.1, 0.15) is 5.75 Å². The number of likely N-dealkylation sites (tertiary alicyclic amines) is 1. The van der Waals surface area contributed by atoms with E-state index in [4.69, 9.17) is 4.74 Å². The lowest BCUT2D eigenvalue weighted by atomic mass is 10.0. The number of carbonyl (C=O) groups is 1. The standard InChI is InChI=1S/C23H30N2O2/c1-4-21(20-11-12-22(27-3)17(2)15-20)24-23(26)19-9-7-18(8-10-19)16-25-13-5-6-14-25/h7-12,15,21H,4-6,13-14,16H2,1-3H3,(H,24,26)/t21-/m0/s1. The molecule has 2 aromatic rings. The van der Waals surface area contributed by atoms with Crippen LogP contribution in [0.2, 0.25) is 0 Å². The van der Waals surface area contributed by atoms with Gasteiger partial charge >= 0.3 is 0 Å². The van der Waals surface area contributed by atoms with Gasteiger partial charge in [-0.05, 0) is 74.2 Å². The molecule has 1 aliphatic rings. The Balaban J connectivity index is 1.64. The zero-order valence-electron chi connectivity index (χ0n) is 16.6. The molecular formula is C23H30N2O2. The maximum Gasteiger partial charge on any atom is 0.251 e. The van der Waals surface area contributed by atoms with E-state index in [1.807, 2.05) is 31.2 Å². The molecule has 1 N–H and O–H groups in total. The lowest BCUT2D eigenvalue weighted by Gasteiger charge is -2.19. The van der Waals surface area contributed by atoms with Gasteiger partial charge in [0, 0.05) is 12.1 Å². The van der Waals surface area contributed by atoms with Gasteiger partial charge in [-0.25, -0.2) is 0 Å². The van der Waals surface area contributed by atoms with E-state index in [2.05, 4.69) is 35.3 Å². The molecule has 0 aliphatic carbocycles. The topological polar surface area (TPSA) is 41.6 Å². The summed E-state index contributed by atoms with van der Waals surface area (Å²) in [7, 11) is 1.68. The summed E-state index contributed by atoms with van der Waals surface area (Å²) < 4.78 is 5.33. The van der Waals surface area contributed by atoms with Crippen LogP contribution in [0.5, 0.6) is 5.75 Å². The molecule has 0 spiro atoms. The van der Waals surface area contributed by atoms with E-state index in [0.717, 1.165) is 29.8 Å². The van der Waals surface area contributed by atoms with E-state index >= 15 is 0 Å². The highest BCUT2D eigenvalue weighted by molar-refractivity contribution is 5.94. The number of rotatable bonds is 7. The van der Waals surface area contributed by atoms with Crippen LogP contribution in [0.4, 0.5) is 0 Å². The smallest absolute Gasteiger partial charge is 0.251 e. The number of hydrogen-bond acceptors (Lipinski definition) is 3. The molecule has 1 heterocycles. The first-order valence-corrected chi connectivity index (χ1v) is 9.87. The number of hydrogen-bond donors (Lipinski definition) is 1. The Bertz CT molecular complexity index is 764. The summed E-state index contributed by atoms with van der Waals surface area (Å²) in [5.41, 5.74) is 4.17. The number of nitrogens with one attached hydrogen (secondary N) is 1. The van der Waals surface area contributed by atoms with Crippen molar-refractivity contribution in [3.8, 4) is 5.75 Å². The molecule has 1 amide bonds. The number of amides is 1. The van der Waals surface area contributed by atoms with E-state index in [0.29, 0.717) is 5.56 Å². The van der Waals surface area contributed by atoms with Crippen LogP contribution in [0.15, 0.2) is 42.5 Å². The first-order chi connectivity index (χ1) is 13.1. The van der Waals surface area contributed by atoms with Crippen molar-refractivity contribution in [2.24, 2.45) is 0 Å². The van der Waals surface area contributed by atoms with Gasteiger partial charge in [-0.1, -0.05) is 31.2 Å². The highest BCUT2D eigenvalue weighted by Crippen LogP contribution is 2.24. The van der Waals surface area contributed by atoms with Crippen LogP contribution in [-0.2, 0) is 6.54 Å². The third-order valence-corrected chi connectivity index (χ3v) is 5.36. The molecule has 4 nitrogen and oxygen atoms in total. The van der Waals surface area contributed by atoms with Crippen molar-refractivity contribution in [1.29, 1.82) is 0 Å². The fourth-order valence-electron chi connectivity index (χ4n) is 3.74. The van der Waals surface area contributed by atoms with Crippen molar-refractivity contribution < 1.29 is 9.53 Å². The van der Waals surface area contributed by atoms with E-state index < -0.39 is 0 Å². The van der Waals surface area contributed by atoms with Gasteiger partial charge in [0.2, 0.25) is 0 Å². The Morgan fingerprint density at radius 3 is 2.44 bits per heavy atom. The van der Waals surface area contributed by atoms with Crippen LogP contribution in [0, 0.1) is 6.92 Å². The maximum absolute atomic E-state index is 12.7. The number of methoxy groups -OCH3 is 1. The lowest BCUT2D eigenvalue weighted by Crippen LogP contribution is -2.28. The van der Waals surface area contributed by atoms with Crippen LogP contribution in [0.3, 0.4) is 0 Å². The van der Waals surface area contributed by atoms with Crippen molar-refractivity contribution in [2.45, 2.75) is 45.7 Å². The molecule has 0 saturated carbocycles. The number of nitrogens with zero attached hydrogens (tertiary/aromatic N) is 1. The van der Waals surface area contributed by atoms with Crippen molar-refractivity contribution in [3.63, 3.8) is 0 Å². The minimum atomic E-state index is -0.0250. The molecule has 0 bridgehead atoms. The molecule has 0 radical (unpaired) electrons. The molecular weight excluding hydrogens is 336 g/mol. The van der Waals surface area contributed by atoms with Crippen molar-refractivity contribution in [2.75, 3.05) is 20.2 Å². The Morgan fingerprint density at radius 2 is 1.85 bits per heavy atom. The predicted molar refractivity (Wildman–Crippen MR) is 109 cm³/mol. The first kappa shape index (κ1) is 19.4. The van der Waals surface area contributed by atoms with Crippen LogP contribution in [0.25, 0.3) is 0 Å². The van der Waals surface area contributed by atoms with Crippen LogP contribution >= 0.6 is 0 Å². The molecule has 27 heavy (non-hydrogen) atoms. The van der Waals surface area contributed by atoms with Gasteiger partial charge in [0.05, 0.1) is 13.2 Å². The average Bonchev–Trinajstić information content (AvgIpc) is 3.19. The fraction of sp³-hybridized carbons (Fsp3) is 0.435. The number of ether oxygens (including phenoxy) is 1. The average molecular weight is 367 g/mol. The van der Waals surface area contributed by atoms with Gasteiger partial charge in [-0.15, -0.1) is 0 Å². The molecule has 0 aromatic heterocycles. The maximum atomic E-state index is 12.7. The van der Waals surface area contributed by atoms with Crippen molar-refractivity contribution in [1.82, 2.24) is 10.2 Å². The molecule has 144 valence electrons. The highest BCUT2D eigenvalue weighted by atomic mass is 16.5. The number of aryl methyl sites for hydroxylation is 1. The van der Waals surface area contributed by atoms with E-state index in [-0.39, 0.29) is 11.9 Å². The third-order valence-electron chi connectivity index (χ3n) is 5.36. The van der Waals surface area contributed by atoms with Crippen LogP contribution in [-0.4, -0.2) is 31.0 Å². The summed E-state index contributed by atoms with van der Waals surface area (Å²) in [6.45, 7) is 7.45. The van der Waals surface area contributed by atoms with Gasteiger partial charge < -0.3 is 10.1 Å². The Labute approximate surface area is 162 Å². The number of benzene rings is 2. The Kier molecular flexibility index (Phi) is 6.51. The molecule has 2 aromatic carbocycles. The Hall–Kier alpha value is -2.33. The minimum Gasteiger partial charge on any atom is -0.496 e. The highest BCUT2D eigenvalue weighted by Gasteiger charge is 2.16. The molecule has 1 atom stereocenters. The van der Waals surface area contributed by atoms with Crippen LogP contribution in [0.1, 0.15) is 59.3 Å². The normalized spacial score (nSPS) is 15.5. The first-order valence-electron chi connectivity index (χ1n) is 9.87. The van der Waals surface area contributed by atoms with Crippen molar-refractivity contribution >= 4 is 5.91 Å². The molecule has 1 saturated heterocycles. The fourth-order valence-corrected chi connectivity index (χ4v) is 3.74. The quantitative estimate of drug-likeness (QED) is 0.785. The summed E-state index contributed by atoms with van der Waals surface area (Å²) in [6.07, 6.45) is 3.43. The molecule has 4 heteroatoms. The SMILES string of the molecule is CC[C@H](NC(=O)c1ccc(CN2CCCC2)cc1)c1ccc(OC)c(C)c1. The van der Waals surface area contributed by atoms with Gasteiger partial charge in [0.15, 0.2) is 0 Å². The molecule has 0 unspecified atom stereocenters. The summed E-state index contributed by atoms with van der Waals surface area (Å²) in [6, 6.07) is 14.1. The lowest BCUT2D eigenvalue weighted by molar-refractivity contribution is 0.0935. The minimum absolute atomic E-state index is 0.00798. The summed E-state index contributed by atoms with van der Waals surface area (Å²) in [5.74, 6) is 0.844. The third kappa shape index (κ3) is 4.89. The molecule has 1 aliphatic heterocycles. The van der Waals surface area contributed by atoms with E-state index in [1.165, 1.54) is 31.5 Å². The second-order valence-electron chi connectivity index (χ2n) is 7.34. The van der Waals surface area contributed by atoms with Gasteiger partial charge in [0.25, 0.3) is 5.91 Å². The van der Waals surface area contributed by atoms with E-state index in [1.54, 1.807) is 7.11 Å². The van der Waals surface area contributed by atoms with Gasteiger partial charge in [-0.2, -0.15) is 0 Å². The molecule has 3 rings (SSSR count). The van der Waals surface area contributed by atoms with E-state index in [9.17, 15) is 4.79 Å². The monoisotopic (exact) mass is 366 g/mol.